The average molecular weight is 337 g/mol. The normalized spacial score (nSPS) is 6.25. The minimum Gasteiger partial charge on any atom is -0.103 e. The lowest BCUT2D eigenvalue weighted by molar-refractivity contribution is 1.23. The lowest BCUT2D eigenvalue weighted by Crippen LogP contribution is -1.36. The molecule has 144 valence electrons. The molecular weight excluding hydrogens is 288 g/mol. The van der Waals surface area contributed by atoms with Crippen molar-refractivity contribution in [1.82, 2.24) is 0 Å². The molecule has 0 aromatic rings. The topological polar surface area (TPSA) is 0 Å². The molecule has 24 heavy (non-hydrogen) atoms. The smallest absolute Gasteiger partial charge is 0.0382 e. The van der Waals surface area contributed by atoms with E-state index in [-0.39, 0.29) is 0 Å². The second-order valence-corrected chi connectivity index (χ2v) is 4.18. The van der Waals surface area contributed by atoms with E-state index < -0.39 is 0 Å². The van der Waals surface area contributed by atoms with Gasteiger partial charge in [-0.05, 0) is 38.5 Å². The van der Waals surface area contributed by atoms with E-state index >= 15 is 0 Å². The van der Waals surface area contributed by atoms with Gasteiger partial charge in [0, 0.05) is 0 Å². The number of allylic oxidation sites excluding steroid dienone is 6. The van der Waals surface area contributed by atoms with Gasteiger partial charge in [0.25, 0.3) is 0 Å². The minimum atomic E-state index is 1.08. The molecule has 0 unspecified atom stereocenters. The highest BCUT2D eigenvalue weighted by Crippen LogP contribution is 1.68. The first-order valence-corrected chi connectivity index (χ1v) is 9.14. The van der Waals surface area contributed by atoms with Crippen molar-refractivity contribution < 1.29 is 0 Å². The molecule has 0 nitrogen and oxygen atoms in total. The van der Waals surface area contributed by atoms with Crippen LogP contribution in [0.3, 0.4) is 0 Å². The van der Waals surface area contributed by atoms with Gasteiger partial charge < -0.3 is 0 Å². The monoisotopic (exact) mass is 336 g/mol. The molecule has 0 aliphatic rings. The van der Waals surface area contributed by atoms with Gasteiger partial charge in [0.2, 0.25) is 0 Å². The first-order valence-electron chi connectivity index (χ1n) is 9.14. The maximum absolute atomic E-state index is 3.48. The van der Waals surface area contributed by atoms with Crippen LogP contribution in [0.1, 0.15) is 80.1 Å². The molecule has 0 aliphatic heterocycles. The Bertz CT molecular complexity index is 146. The van der Waals surface area contributed by atoms with E-state index in [1.807, 2.05) is 36.5 Å². The van der Waals surface area contributed by atoms with Crippen molar-refractivity contribution in [2.75, 3.05) is 0 Å². The van der Waals surface area contributed by atoms with E-state index in [1.165, 1.54) is 0 Å². The highest BCUT2D eigenvalue weighted by Gasteiger charge is 1.47. The van der Waals surface area contributed by atoms with E-state index in [0.717, 1.165) is 38.5 Å². The Kier molecular flexibility index (Phi) is 131. The summed E-state index contributed by atoms with van der Waals surface area (Å²) >= 11 is 0. The molecule has 0 N–H and O–H groups in total. The van der Waals surface area contributed by atoms with Gasteiger partial charge in [-0.2, -0.15) is 0 Å². The van der Waals surface area contributed by atoms with Crippen molar-refractivity contribution in [3.63, 3.8) is 0 Å². The van der Waals surface area contributed by atoms with Gasteiger partial charge in [-0.1, -0.05) is 78.0 Å². The Labute approximate surface area is 156 Å². The number of hydrogen-bond acceptors (Lipinski definition) is 0. The zero-order chi connectivity index (χ0) is 20.5. The summed E-state index contributed by atoms with van der Waals surface area (Å²) in [5.41, 5.74) is 0. The van der Waals surface area contributed by atoms with Crippen LogP contribution in [0, 0.1) is 0 Å². The lowest BCUT2D eigenvalue weighted by atomic mass is 10.5. The lowest BCUT2D eigenvalue weighted by Gasteiger charge is -1.57. The molecule has 0 heterocycles. The molecule has 0 spiro atoms. The van der Waals surface area contributed by atoms with Crippen LogP contribution in [0.5, 0.6) is 0 Å². The fourth-order valence-electron chi connectivity index (χ4n) is 0. The van der Waals surface area contributed by atoms with E-state index in [1.54, 1.807) is 0 Å². The van der Waals surface area contributed by atoms with Gasteiger partial charge in [0.15, 0.2) is 0 Å². The summed E-state index contributed by atoms with van der Waals surface area (Å²) in [5.74, 6) is 0. The Hall–Kier alpha value is -1.56. The third kappa shape index (κ3) is 392. The number of hydrogen-bond donors (Lipinski definition) is 0. The van der Waals surface area contributed by atoms with Crippen molar-refractivity contribution in [3.8, 4) is 0 Å². The average Bonchev–Trinajstić information content (AvgIpc) is 2.68. The Morgan fingerprint density at radius 2 is 0.375 bits per heavy atom. The van der Waals surface area contributed by atoms with Gasteiger partial charge in [0.05, 0.1) is 0 Å². The van der Waals surface area contributed by atoms with Crippen LogP contribution < -0.4 is 0 Å². The second kappa shape index (κ2) is 82.2. The van der Waals surface area contributed by atoms with Crippen LogP contribution >= 0.6 is 0 Å². The molecule has 0 radical (unpaired) electrons. The highest BCUT2D eigenvalue weighted by atomic mass is 13.5. The van der Waals surface area contributed by atoms with E-state index in [0.29, 0.717) is 0 Å². The van der Waals surface area contributed by atoms with Crippen molar-refractivity contribution >= 4 is 0 Å². The van der Waals surface area contributed by atoms with Crippen LogP contribution in [-0.4, -0.2) is 0 Å². The summed E-state index contributed by atoms with van der Waals surface area (Å²) in [4.78, 5) is 0. The molecule has 0 rings (SSSR count). The maximum atomic E-state index is 3.48. The fourth-order valence-corrected chi connectivity index (χ4v) is 0. The molecule has 0 bridgehead atoms. The summed E-state index contributed by atoms with van der Waals surface area (Å²) in [6, 6.07) is 0. The van der Waals surface area contributed by atoms with Crippen LogP contribution in [-0.2, 0) is 0 Å². The molecule has 0 saturated carbocycles. The summed E-state index contributed by atoms with van der Waals surface area (Å²) in [6.45, 7) is 33.2. The summed E-state index contributed by atoms with van der Waals surface area (Å²) in [5, 5.41) is 0. The number of rotatable bonds is 6. The molecule has 0 aromatic heterocycles. The van der Waals surface area contributed by atoms with Crippen LogP contribution in [0.25, 0.3) is 0 Å². The summed E-state index contributed by atoms with van der Waals surface area (Å²) in [6.07, 6.45) is 17.8. The van der Waals surface area contributed by atoms with Crippen LogP contribution in [0.15, 0.2) is 75.9 Å². The first-order chi connectivity index (χ1) is 11.5. The van der Waals surface area contributed by atoms with Gasteiger partial charge in [-0.15, -0.1) is 39.5 Å². The Balaban J connectivity index is -0.0000000405. The van der Waals surface area contributed by atoms with E-state index in [2.05, 4.69) is 81.0 Å². The quantitative estimate of drug-likeness (QED) is 0.423. The Morgan fingerprint density at radius 1 is 0.333 bits per heavy atom. The summed E-state index contributed by atoms with van der Waals surface area (Å²) in [7, 11) is 0. The van der Waals surface area contributed by atoms with Gasteiger partial charge in [-0.3, -0.25) is 0 Å². The van der Waals surface area contributed by atoms with Gasteiger partial charge >= 0.3 is 0 Å². The third-order valence-corrected chi connectivity index (χ3v) is 1.73. The zero-order valence-corrected chi connectivity index (χ0v) is 17.9. The maximum Gasteiger partial charge on any atom is -0.0382 e. The van der Waals surface area contributed by atoms with E-state index in [9.17, 15) is 0 Å². The Morgan fingerprint density at radius 3 is 0.375 bits per heavy atom. The standard InChI is InChI=1S/6C4H8/c6*1-3-4-2/h6*3H,1,4H2,2H3. The summed E-state index contributed by atoms with van der Waals surface area (Å²) < 4.78 is 0. The predicted molar refractivity (Wildman–Crippen MR) is 123 cm³/mol. The SMILES string of the molecule is C=CCC.C=CCC.C=CCC.C=CCC.C=CCC.C=CCC. The van der Waals surface area contributed by atoms with Crippen LogP contribution in [0.2, 0.25) is 0 Å². The molecule has 0 amide bonds. The molecule has 0 aromatic carbocycles. The first kappa shape index (κ1) is 38.2. The van der Waals surface area contributed by atoms with Crippen molar-refractivity contribution in [3.05, 3.63) is 75.9 Å². The van der Waals surface area contributed by atoms with Crippen LogP contribution in [0.4, 0.5) is 0 Å². The fraction of sp³-hybridized carbons (Fsp3) is 0.500. The largest absolute Gasteiger partial charge is 0.103 e. The van der Waals surface area contributed by atoms with Gasteiger partial charge in [0.1, 0.15) is 0 Å². The second-order valence-electron chi connectivity index (χ2n) is 4.18. The molecule has 0 heteroatoms. The molecule has 0 atom stereocenters. The molecular formula is C24H48. The van der Waals surface area contributed by atoms with Gasteiger partial charge in [-0.25, -0.2) is 0 Å². The van der Waals surface area contributed by atoms with E-state index in [4.69, 9.17) is 0 Å². The van der Waals surface area contributed by atoms with Crippen molar-refractivity contribution in [2.45, 2.75) is 80.1 Å². The predicted octanol–water partition coefficient (Wildman–Crippen LogP) is 9.49. The third-order valence-electron chi connectivity index (χ3n) is 1.73. The minimum absolute atomic E-state index is 1.08. The van der Waals surface area contributed by atoms with Crippen molar-refractivity contribution in [1.29, 1.82) is 0 Å². The molecule has 0 saturated heterocycles. The zero-order valence-electron chi connectivity index (χ0n) is 17.9. The molecule has 0 aliphatic carbocycles. The highest BCUT2D eigenvalue weighted by molar-refractivity contribution is 4.61. The van der Waals surface area contributed by atoms with Crippen molar-refractivity contribution in [2.24, 2.45) is 0 Å². The molecule has 0 fully saturated rings.